The van der Waals surface area contributed by atoms with Crippen molar-refractivity contribution < 1.29 is 9.73 Å². The van der Waals surface area contributed by atoms with Crippen molar-refractivity contribution >= 4 is 24.6 Å². The smallest absolute Gasteiger partial charge is 0.255 e. The van der Waals surface area contributed by atoms with Gasteiger partial charge in [0.05, 0.1) is 0 Å². The van der Waals surface area contributed by atoms with Gasteiger partial charge in [0.15, 0.2) is 0 Å². The van der Waals surface area contributed by atoms with E-state index < -0.39 is 0 Å². The third kappa shape index (κ3) is 1.55. The molecule has 12 heavy (non-hydrogen) atoms. The van der Waals surface area contributed by atoms with E-state index in [1.165, 1.54) is 0 Å². The second kappa shape index (κ2) is 3.44. The molecule has 0 aliphatic carbocycles. The highest BCUT2D eigenvalue weighted by Crippen LogP contribution is 2.09. The summed E-state index contributed by atoms with van der Waals surface area (Å²) in [5.41, 5.74) is 10.0. The number of fused-ring (bicyclic) bond motifs is 2. The Morgan fingerprint density at radius 1 is 1.17 bits per heavy atom. The molecule has 0 aromatic carbocycles. The summed E-state index contributed by atoms with van der Waals surface area (Å²) in [6, 6.07) is 0. The van der Waals surface area contributed by atoms with Crippen LogP contribution in [0.3, 0.4) is 0 Å². The standard InChI is InChI=1S/C3H4N6O.CH2O/c4-1-5-2-7-3(6-1)9-10-8-2;1-2/h(H4,4,5,6,7,8,9);1H2. The van der Waals surface area contributed by atoms with E-state index in [-0.39, 0.29) is 5.95 Å². The maximum Gasteiger partial charge on any atom is 0.255 e. The van der Waals surface area contributed by atoms with Crippen molar-refractivity contribution in [3.63, 3.8) is 0 Å². The average Bonchev–Trinajstić information content (AvgIpc) is 2.07. The molecule has 0 saturated carbocycles. The summed E-state index contributed by atoms with van der Waals surface area (Å²) in [5, 5.41) is 0. The van der Waals surface area contributed by atoms with Gasteiger partial charge in [-0.15, -0.1) is 0 Å². The fourth-order valence-corrected chi connectivity index (χ4v) is 0.600. The van der Waals surface area contributed by atoms with Gasteiger partial charge in [-0.2, -0.15) is 19.9 Å². The van der Waals surface area contributed by atoms with E-state index in [1.54, 1.807) is 0 Å². The van der Waals surface area contributed by atoms with Crippen molar-refractivity contribution in [3.05, 3.63) is 0 Å². The van der Waals surface area contributed by atoms with Gasteiger partial charge in [0.25, 0.3) is 11.9 Å². The number of nitrogens with zero attached hydrogens (tertiary/aromatic N) is 3. The molecular formula is C4H6N6O2. The monoisotopic (exact) mass is 170 g/mol. The molecule has 1 aromatic heterocycles. The molecule has 64 valence electrons. The van der Waals surface area contributed by atoms with Gasteiger partial charge < -0.3 is 10.5 Å². The first-order valence-electron chi connectivity index (χ1n) is 2.83. The van der Waals surface area contributed by atoms with Gasteiger partial charge in [0.1, 0.15) is 6.79 Å². The quantitative estimate of drug-likeness (QED) is 0.452. The molecule has 2 bridgehead atoms. The zero-order valence-corrected chi connectivity index (χ0v) is 5.94. The van der Waals surface area contributed by atoms with Crippen molar-refractivity contribution in [2.75, 3.05) is 16.7 Å². The lowest BCUT2D eigenvalue weighted by Crippen LogP contribution is -2.19. The number of anilines is 3. The molecule has 2 rings (SSSR count). The molecule has 2 heterocycles. The Kier molecular flexibility index (Phi) is 2.33. The first kappa shape index (κ1) is 8.14. The molecule has 1 aliphatic rings. The molecule has 0 amide bonds. The van der Waals surface area contributed by atoms with Crippen LogP contribution in [0.4, 0.5) is 17.8 Å². The molecule has 0 saturated heterocycles. The van der Waals surface area contributed by atoms with Crippen LogP contribution >= 0.6 is 0 Å². The molecular weight excluding hydrogens is 164 g/mol. The number of nitrogens with one attached hydrogen (secondary N) is 2. The summed E-state index contributed by atoms with van der Waals surface area (Å²) < 4.78 is 0. The molecule has 4 N–H and O–H groups in total. The number of nitrogens with two attached hydrogens (primary N) is 1. The first-order valence-corrected chi connectivity index (χ1v) is 2.83. The number of rotatable bonds is 0. The van der Waals surface area contributed by atoms with Gasteiger partial charge in [-0.3, -0.25) is 0 Å². The van der Waals surface area contributed by atoms with E-state index in [0.29, 0.717) is 11.9 Å². The number of hydrogen-bond donors (Lipinski definition) is 3. The van der Waals surface area contributed by atoms with Gasteiger partial charge in [-0.05, 0) is 0 Å². The van der Waals surface area contributed by atoms with Crippen molar-refractivity contribution in [1.82, 2.24) is 15.0 Å². The van der Waals surface area contributed by atoms with Crippen LogP contribution in [0.15, 0.2) is 0 Å². The topological polar surface area (TPSA) is 115 Å². The van der Waals surface area contributed by atoms with Gasteiger partial charge in [0, 0.05) is 0 Å². The summed E-state index contributed by atoms with van der Waals surface area (Å²) in [4.78, 5) is 23.7. The minimum atomic E-state index is 0.156. The molecule has 0 fully saturated rings. The Hall–Kier alpha value is -1.96. The number of carbonyl (C=O) groups is 1. The Balaban J connectivity index is 0.000000336. The number of nitrogen functional groups attached to an aromatic ring is 1. The molecule has 0 unspecified atom stereocenters. The predicted molar refractivity (Wildman–Crippen MR) is 39.7 cm³/mol. The highest BCUT2D eigenvalue weighted by atomic mass is 16.8. The van der Waals surface area contributed by atoms with Crippen molar-refractivity contribution in [1.29, 1.82) is 0 Å². The summed E-state index contributed by atoms with van der Waals surface area (Å²) >= 11 is 0. The van der Waals surface area contributed by atoms with Crippen LogP contribution in [-0.2, 0) is 9.73 Å². The third-order valence-corrected chi connectivity index (χ3v) is 0.937. The Morgan fingerprint density at radius 2 is 1.67 bits per heavy atom. The largest absolute Gasteiger partial charge is 0.368 e. The summed E-state index contributed by atoms with van der Waals surface area (Å²) in [7, 11) is 0. The van der Waals surface area contributed by atoms with E-state index in [4.69, 9.17) is 10.5 Å². The maximum absolute atomic E-state index is 8.00. The molecule has 0 spiro atoms. The van der Waals surface area contributed by atoms with Gasteiger partial charge in [-0.25, -0.2) is 11.0 Å². The number of hydrogen-bond acceptors (Lipinski definition) is 8. The molecule has 0 radical (unpaired) electrons. The van der Waals surface area contributed by atoms with E-state index in [0.717, 1.165) is 0 Å². The normalized spacial score (nSPS) is 11.7. The molecule has 1 aromatic rings. The van der Waals surface area contributed by atoms with Gasteiger partial charge in [0.2, 0.25) is 5.95 Å². The predicted octanol–water partition coefficient (Wildman–Crippen LogP) is -1.05. The maximum atomic E-state index is 8.00. The van der Waals surface area contributed by atoms with Crippen molar-refractivity contribution in [2.24, 2.45) is 0 Å². The second-order valence-electron chi connectivity index (χ2n) is 1.65. The van der Waals surface area contributed by atoms with Crippen LogP contribution in [0.5, 0.6) is 0 Å². The van der Waals surface area contributed by atoms with Crippen LogP contribution in [0.2, 0.25) is 0 Å². The summed E-state index contributed by atoms with van der Waals surface area (Å²) in [6.45, 7) is 2.00. The van der Waals surface area contributed by atoms with Crippen LogP contribution in [0.25, 0.3) is 0 Å². The lowest BCUT2D eigenvalue weighted by molar-refractivity contribution is -0.0979. The van der Waals surface area contributed by atoms with Crippen LogP contribution in [0.1, 0.15) is 0 Å². The Bertz CT molecular complexity index is 249. The Morgan fingerprint density at radius 3 is 2.17 bits per heavy atom. The molecule has 8 heteroatoms. The number of carbonyl (C=O) groups excluding carboxylic acids is 1. The third-order valence-electron chi connectivity index (χ3n) is 0.937. The lowest BCUT2D eigenvalue weighted by atomic mass is 10.8. The minimum Gasteiger partial charge on any atom is -0.368 e. The lowest BCUT2D eigenvalue weighted by Gasteiger charge is -2.11. The first-order chi connectivity index (χ1) is 5.84. The zero-order valence-electron chi connectivity index (χ0n) is 5.94. The number of aromatic nitrogens is 3. The van der Waals surface area contributed by atoms with Crippen molar-refractivity contribution in [2.45, 2.75) is 0 Å². The highest BCUT2D eigenvalue weighted by Gasteiger charge is 2.08. The van der Waals surface area contributed by atoms with Crippen LogP contribution < -0.4 is 16.7 Å². The van der Waals surface area contributed by atoms with E-state index in [1.807, 2.05) is 6.79 Å². The molecule has 0 atom stereocenters. The minimum absolute atomic E-state index is 0.156. The highest BCUT2D eigenvalue weighted by molar-refractivity contribution is 5.39. The van der Waals surface area contributed by atoms with Gasteiger partial charge >= 0.3 is 0 Å². The second-order valence-corrected chi connectivity index (χ2v) is 1.65. The van der Waals surface area contributed by atoms with E-state index in [2.05, 4.69) is 30.9 Å². The fraction of sp³-hybridized carbons (Fsp3) is 0. The molecule has 8 nitrogen and oxygen atoms in total. The summed E-state index contributed by atoms with van der Waals surface area (Å²) in [5.74, 6) is 0.769. The van der Waals surface area contributed by atoms with E-state index in [9.17, 15) is 0 Å². The summed E-state index contributed by atoms with van der Waals surface area (Å²) in [6.07, 6.45) is 0. The van der Waals surface area contributed by atoms with Gasteiger partial charge in [-0.1, -0.05) is 0 Å². The SMILES string of the molecule is C=O.Nc1nc2nc(n1)NON2. The van der Waals surface area contributed by atoms with E-state index >= 15 is 0 Å². The average molecular weight is 170 g/mol. The van der Waals surface area contributed by atoms with Crippen LogP contribution in [0, 0.1) is 0 Å². The Labute approximate surface area is 67.1 Å². The fourth-order valence-electron chi connectivity index (χ4n) is 0.600. The zero-order chi connectivity index (χ0) is 8.97. The van der Waals surface area contributed by atoms with Crippen molar-refractivity contribution in [3.8, 4) is 0 Å². The van der Waals surface area contributed by atoms with Crippen LogP contribution in [-0.4, -0.2) is 21.7 Å². The molecule has 1 aliphatic heterocycles.